The van der Waals surface area contributed by atoms with Gasteiger partial charge in [-0.25, -0.2) is 8.42 Å². The van der Waals surface area contributed by atoms with Gasteiger partial charge in [-0.3, -0.25) is 0 Å². The second kappa shape index (κ2) is 6.69. The van der Waals surface area contributed by atoms with Gasteiger partial charge in [0.2, 0.25) is 10.0 Å². The van der Waals surface area contributed by atoms with Crippen LogP contribution < -0.4 is 5.73 Å². The summed E-state index contributed by atoms with van der Waals surface area (Å²) in [7, 11) is -3.38. The molecule has 4 nitrogen and oxygen atoms in total. The molecule has 0 saturated carbocycles. The molecule has 1 aromatic rings. The summed E-state index contributed by atoms with van der Waals surface area (Å²) < 4.78 is 27.2. The van der Waals surface area contributed by atoms with Crippen molar-refractivity contribution in [1.82, 2.24) is 4.31 Å². The van der Waals surface area contributed by atoms with Crippen LogP contribution in [0.1, 0.15) is 45.6 Å². The maximum atomic E-state index is 12.8. The quantitative estimate of drug-likeness (QED) is 0.926. The molecule has 1 aromatic carbocycles. The molecule has 2 rings (SSSR count). The fraction of sp³-hybridized carbons (Fsp3) is 0.647. The summed E-state index contributed by atoms with van der Waals surface area (Å²) >= 11 is 0. The van der Waals surface area contributed by atoms with Gasteiger partial charge in [-0.05, 0) is 54.8 Å². The molecule has 0 amide bonds. The zero-order valence-electron chi connectivity index (χ0n) is 13.9. The highest BCUT2D eigenvalue weighted by Crippen LogP contribution is 2.27. The number of piperidine rings is 1. The third-order valence-electron chi connectivity index (χ3n) is 4.41. The van der Waals surface area contributed by atoms with E-state index in [0.29, 0.717) is 30.4 Å². The van der Waals surface area contributed by atoms with E-state index in [2.05, 4.69) is 20.8 Å². The monoisotopic (exact) mass is 324 g/mol. The SMILES string of the molecule is CC(C)(C)c1ccc(S(=O)(=O)N2CCCC(CCN)C2)cc1. The molecule has 0 bridgehead atoms. The van der Waals surface area contributed by atoms with E-state index in [9.17, 15) is 8.42 Å². The Labute approximate surface area is 134 Å². The van der Waals surface area contributed by atoms with Crippen LogP contribution >= 0.6 is 0 Å². The summed E-state index contributed by atoms with van der Waals surface area (Å²) in [5.41, 5.74) is 6.79. The Hall–Kier alpha value is -0.910. The van der Waals surface area contributed by atoms with Gasteiger partial charge >= 0.3 is 0 Å². The van der Waals surface area contributed by atoms with Crippen molar-refractivity contribution in [3.05, 3.63) is 29.8 Å². The van der Waals surface area contributed by atoms with Crippen molar-refractivity contribution in [2.45, 2.75) is 50.3 Å². The van der Waals surface area contributed by atoms with Gasteiger partial charge < -0.3 is 5.73 Å². The molecule has 22 heavy (non-hydrogen) atoms. The number of sulfonamides is 1. The Bertz CT molecular complexity index is 586. The molecular weight excluding hydrogens is 296 g/mol. The average molecular weight is 324 g/mol. The van der Waals surface area contributed by atoms with E-state index in [1.807, 2.05) is 12.1 Å². The van der Waals surface area contributed by atoms with E-state index < -0.39 is 10.0 Å². The molecule has 2 N–H and O–H groups in total. The maximum absolute atomic E-state index is 12.8. The first-order chi connectivity index (χ1) is 10.2. The van der Waals surface area contributed by atoms with E-state index in [1.54, 1.807) is 16.4 Å². The third kappa shape index (κ3) is 3.89. The fourth-order valence-electron chi connectivity index (χ4n) is 2.99. The topological polar surface area (TPSA) is 63.4 Å². The number of hydrogen-bond donors (Lipinski definition) is 1. The summed E-state index contributed by atoms with van der Waals surface area (Å²) in [5.74, 6) is 0.391. The van der Waals surface area contributed by atoms with Crippen LogP contribution in [0.3, 0.4) is 0 Å². The molecule has 5 heteroatoms. The molecule has 124 valence electrons. The molecule has 1 saturated heterocycles. The lowest BCUT2D eigenvalue weighted by atomic mass is 9.87. The van der Waals surface area contributed by atoms with E-state index in [-0.39, 0.29) is 5.41 Å². The lowest BCUT2D eigenvalue weighted by Crippen LogP contribution is -2.40. The van der Waals surface area contributed by atoms with Gasteiger partial charge in [0.15, 0.2) is 0 Å². The summed E-state index contributed by atoms with van der Waals surface area (Å²) in [5, 5.41) is 0. The first kappa shape index (κ1) is 17.4. The summed E-state index contributed by atoms with van der Waals surface area (Å²) in [6.45, 7) is 8.21. The molecule has 1 aliphatic heterocycles. The highest BCUT2D eigenvalue weighted by molar-refractivity contribution is 7.89. The Morgan fingerprint density at radius 1 is 1.23 bits per heavy atom. The molecule has 1 heterocycles. The van der Waals surface area contributed by atoms with Gasteiger partial charge in [0.1, 0.15) is 0 Å². The first-order valence-corrected chi connectivity index (χ1v) is 9.50. The van der Waals surface area contributed by atoms with Crippen LogP contribution in [-0.4, -0.2) is 32.4 Å². The van der Waals surface area contributed by atoms with Crippen LogP contribution in [0.25, 0.3) is 0 Å². The van der Waals surface area contributed by atoms with E-state index >= 15 is 0 Å². The average Bonchev–Trinajstić information content (AvgIpc) is 2.47. The van der Waals surface area contributed by atoms with Crippen LogP contribution in [0, 0.1) is 5.92 Å². The van der Waals surface area contributed by atoms with Crippen LogP contribution in [0.15, 0.2) is 29.2 Å². The highest BCUT2D eigenvalue weighted by Gasteiger charge is 2.30. The predicted octanol–water partition coefficient (Wildman–Crippen LogP) is 2.73. The van der Waals surface area contributed by atoms with Crippen molar-refractivity contribution < 1.29 is 8.42 Å². The van der Waals surface area contributed by atoms with Gasteiger partial charge in [0, 0.05) is 13.1 Å². The molecule has 0 aromatic heterocycles. The molecule has 0 radical (unpaired) electrons. The molecular formula is C17H28N2O2S. The van der Waals surface area contributed by atoms with Gasteiger partial charge in [-0.1, -0.05) is 32.9 Å². The zero-order chi connectivity index (χ0) is 16.4. The van der Waals surface area contributed by atoms with Crippen molar-refractivity contribution in [2.75, 3.05) is 19.6 Å². The van der Waals surface area contributed by atoms with Gasteiger partial charge in [-0.15, -0.1) is 0 Å². The summed E-state index contributed by atoms with van der Waals surface area (Å²) in [4.78, 5) is 0.397. The first-order valence-electron chi connectivity index (χ1n) is 8.06. The minimum atomic E-state index is -3.38. The largest absolute Gasteiger partial charge is 0.330 e. The summed E-state index contributed by atoms with van der Waals surface area (Å²) in [6, 6.07) is 7.33. The third-order valence-corrected chi connectivity index (χ3v) is 6.29. The Kier molecular flexibility index (Phi) is 5.30. The van der Waals surface area contributed by atoms with Crippen LogP contribution in [0.2, 0.25) is 0 Å². The number of benzene rings is 1. The smallest absolute Gasteiger partial charge is 0.243 e. The Morgan fingerprint density at radius 3 is 2.41 bits per heavy atom. The second-order valence-electron chi connectivity index (χ2n) is 7.22. The number of rotatable bonds is 4. The molecule has 0 aliphatic carbocycles. The van der Waals surface area contributed by atoms with Crippen molar-refractivity contribution in [2.24, 2.45) is 11.7 Å². The highest BCUT2D eigenvalue weighted by atomic mass is 32.2. The summed E-state index contributed by atoms with van der Waals surface area (Å²) in [6.07, 6.45) is 2.89. The van der Waals surface area contributed by atoms with Crippen molar-refractivity contribution in [3.63, 3.8) is 0 Å². The molecule has 1 aliphatic rings. The Morgan fingerprint density at radius 2 is 1.86 bits per heavy atom. The predicted molar refractivity (Wildman–Crippen MR) is 90.3 cm³/mol. The Balaban J connectivity index is 2.19. The zero-order valence-corrected chi connectivity index (χ0v) is 14.7. The van der Waals surface area contributed by atoms with Gasteiger partial charge in [-0.2, -0.15) is 4.31 Å². The number of nitrogens with zero attached hydrogens (tertiary/aromatic N) is 1. The lowest BCUT2D eigenvalue weighted by molar-refractivity contribution is 0.258. The van der Waals surface area contributed by atoms with Crippen molar-refractivity contribution in [3.8, 4) is 0 Å². The molecule has 1 fully saturated rings. The van der Waals surface area contributed by atoms with Crippen molar-refractivity contribution in [1.29, 1.82) is 0 Å². The van der Waals surface area contributed by atoms with Crippen LogP contribution in [-0.2, 0) is 15.4 Å². The fourth-order valence-corrected chi connectivity index (χ4v) is 4.55. The maximum Gasteiger partial charge on any atom is 0.243 e. The van der Waals surface area contributed by atoms with Crippen LogP contribution in [0.5, 0.6) is 0 Å². The minimum Gasteiger partial charge on any atom is -0.330 e. The van der Waals surface area contributed by atoms with E-state index in [4.69, 9.17) is 5.73 Å². The van der Waals surface area contributed by atoms with Gasteiger partial charge in [0.25, 0.3) is 0 Å². The van der Waals surface area contributed by atoms with Crippen molar-refractivity contribution >= 4 is 10.0 Å². The molecule has 1 atom stereocenters. The van der Waals surface area contributed by atoms with Crippen LogP contribution in [0.4, 0.5) is 0 Å². The normalized spacial score (nSPS) is 21.0. The standard InChI is InChI=1S/C17H28N2O2S/c1-17(2,3)15-6-8-16(9-7-15)22(20,21)19-12-4-5-14(13-19)10-11-18/h6-9,14H,4-5,10-13,18H2,1-3H3. The second-order valence-corrected chi connectivity index (χ2v) is 9.16. The lowest BCUT2D eigenvalue weighted by Gasteiger charge is -2.32. The van der Waals surface area contributed by atoms with Gasteiger partial charge in [0.05, 0.1) is 4.90 Å². The van der Waals surface area contributed by atoms with E-state index in [1.165, 1.54) is 0 Å². The van der Waals surface area contributed by atoms with E-state index in [0.717, 1.165) is 24.8 Å². The molecule has 1 unspecified atom stereocenters. The number of hydrogen-bond acceptors (Lipinski definition) is 3. The minimum absolute atomic E-state index is 0.0274. The number of nitrogens with two attached hydrogens (primary N) is 1. The molecule has 0 spiro atoms.